The van der Waals surface area contributed by atoms with E-state index >= 15 is 0 Å². The van der Waals surface area contributed by atoms with Crippen molar-refractivity contribution in [2.75, 3.05) is 0 Å². The summed E-state index contributed by atoms with van der Waals surface area (Å²) in [5.74, 6) is 1.03. The Morgan fingerprint density at radius 2 is 1.89 bits per heavy atom. The maximum atomic E-state index is 10.6. The highest BCUT2D eigenvalue weighted by Crippen LogP contribution is 2.24. The molecule has 1 aromatic carbocycles. The topological polar surface area (TPSA) is 73.3 Å². The number of hydrogen-bond donors (Lipinski definition) is 0. The first-order chi connectivity index (χ1) is 9.06. The molecule has 19 heavy (non-hydrogen) atoms. The second kappa shape index (κ2) is 5.49. The van der Waals surface area contributed by atoms with Crippen LogP contribution in [-0.4, -0.2) is 10.2 Å². The van der Waals surface area contributed by atoms with E-state index < -0.39 is 10.2 Å². The van der Waals surface area contributed by atoms with Crippen molar-refractivity contribution in [2.24, 2.45) is 0 Å². The molecule has 5 nitrogen and oxygen atoms in total. The summed E-state index contributed by atoms with van der Waals surface area (Å²) in [5.41, 5.74) is 0.727. The van der Waals surface area contributed by atoms with Gasteiger partial charge in [-0.25, -0.2) is 0 Å². The molecule has 2 aromatic rings. The van der Waals surface area contributed by atoms with Crippen LogP contribution >= 0.6 is 11.6 Å². The molecule has 0 radical (unpaired) electrons. The molecule has 1 aromatic heterocycles. The average Bonchev–Trinajstić information content (AvgIpc) is 2.85. The third kappa shape index (κ3) is 3.29. The van der Waals surface area contributed by atoms with Crippen LogP contribution in [-0.2, 0) is 4.79 Å². The van der Waals surface area contributed by atoms with E-state index in [1.807, 2.05) is 0 Å². The van der Waals surface area contributed by atoms with Gasteiger partial charge in [-0.15, -0.1) is 0 Å². The van der Waals surface area contributed by atoms with Gasteiger partial charge < -0.3 is 4.42 Å². The molecular weight excluding hydrogens is 270 g/mol. The molecule has 0 aliphatic heterocycles. The number of allylic oxidation sites excluding steroid dienone is 1. The third-order valence-corrected chi connectivity index (χ3v) is 2.49. The summed E-state index contributed by atoms with van der Waals surface area (Å²) in [6.45, 7) is 0. The van der Waals surface area contributed by atoms with Crippen LogP contribution in [0.3, 0.4) is 0 Å². The summed E-state index contributed by atoms with van der Waals surface area (Å²) in [5, 5.41) is 9.94. The maximum absolute atomic E-state index is 10.6. The van der Waals surface area contributed by atoms with Gasteiger partial charge in [0.2, 0.25) is 5.24 Å². The number of nitro groups is 1. The Labute approximate surface area is 113 Å². The van der Waals surface area contributed by atoms with Crippen LogP contribution in [0.2, 0.25) is 0 Å². The number of hydrogen-bond acceptors (Lipinski definition) is 4. The fourth-order valence-electron chi connectivity index (χ4n) is 1.49. The van der Waals surface area contributed by atoms with E-state index in [1.165, 1.54) is 24.3 Å². The fraction of sp³-hybridized carbons (Fsp3) is 0. The lowest BCUT2D eigenvalue weighted by Gasteiger charge is -1.96. The lowest BCUT2D eigenvalue weighted by molar-refractivity contribution is -0.384. The molecule has 0 spiro atoms. The van der Waals surface area contributed by atoms with Crippen molar-refractivity contribution in [3.63, 3.8) is 0 Å². The molecule has 0 fully saturated rings. The number of furan rings is 1. The second-order valence-corrected chi connectivity index (χ2v) is 4.02. The number of carbonyl (C=O) groups is 1. The van der Waals surface area contributed by atoms with Crippen LogP contribution in [0.25, 0.3) is 17.4 Å². The molecule has 6 heteroatoms. The summed E-state index contributed by atoms with van der Waals surface area (Å²) >= 11 is 5.17. The SMILES string of the molecule is O=C(Cl)/C=C/c1ccc(-c2ccc([N+](=O)[O-])cc2)o1. The monoisotopic (exact) mass is 277 g/mol. The van der Waals surface area contributed by atoms with Crippen LogP contribution in [0.4, 0.5) is 5.69 Å². The number of rotatable bonds is 4. The zero-order valence-electron chi connectivity index (χ0n) is 9.58. The van der Waals surface area contributed by atoms with E-state index in [2.05, 4.69) is 0 Å². The van der Waals surface area contributed by atoms with Gasteiger partial charge >= 0.3 is 0 Å². The molecule has 96 valence electrons. The van der Waals surface area contributed by atoms with Gasteiger partial charge in [0.05, 0.1) is 4.92 Å². The summed E-state index contributed by atoms with van der Waals surface area (Å²) in [6, 6.07) is 9.37. The Morgan fingerprint density at radius 1 is 1.21 bits per heavy atom. The Balaban J connectivity index is 2.23. The Morgan fingerprint density at radius 3 is 2.47 bits per heavy atom. The van der Waals surface area contributed by atoms with Gasteiger partial charge in [0.1, 0.15) is 11.5 Å². The van der Waals surface area contributed by atoms with Crippen LogP contribution in [0.1, 0.15) is 5.76 Å². The lowest BCUT2D eigenvalue weighted by atomic mass is 10.1. The Kier molecular flexibility index (Phi) is 3.77. The third-order valence-electron chi connectivity index (χ3n) is 2.37. The summed E-state index contributed by atoms with van der Waals surface area (Å²) in [7, 11) is 0. The maximum Gasteiger partial charge on any atom is 0.269 e. The highest BCUT2D eigenvalue weighted by Gasteiger charge is 2.07. The van der Waals surface area contributed by atoms with Gasteiger partial charge in [-0.3, -0.25) is 14.9 Å². The van der Waals surface area contributed by atoms with Crippen molar-refractivity contribution in [1.29, 1.82) is 0 Å². The zero-order chi connectivity index (χ0) is 13.8. The molecule has 0 saturated heterocycles. The molecule has 0 aliphatic rings. The van der Waals surface area contributed by atoms with Gasteiger partial charge in [-0.05, 0) is 41.9 Å². The molecule has 0 amide bonds. The van der Waals surface area contributed by atoms with E-state index in [1.54, 1.807) is 24.3 Å². The quantitative estimate of drug-likeness (QED) is 0.370. The Hall–Kier alpha value is -2.40. The van der Waals surface area contributed by atoms with Gasteiger partial charge in [-0.2, -0.15) is 0 Å². The van der Waals surface area contributed by atoms with Crippen LogP contribution in [0.5, 0.6) is 0 Å². The van der Waals surface area contributed by atoms with Crippen molar-refractivity contribution >= 4 is 28.6 Å². The van der Waals surface area contributed by atoms with Crippen molar-refractivity contribution in [1.82, 2.24) is 0 Å². The predicted octanol–water partition coefficient (Wildman–Crippen LogP) is 3.63. The van der Waals surface area contributed by atoms with Crippen LogP contribution < -0.4 is 0 Å². The minimum Gasteiger partial charge on any atom is -0.457 e. The fourth-order valence-corrected chi connectivity index (χ4v) is 1.56. The number of carbonyl (C=O) groups excluding carboxylic acids is 1. The van der Waals surface area contributed by atoms with Crippen LogP contribution in [0, 0.1) is 10.1 Å². The zero-order valence-corrected chi connectivity index (χ0v) is 10.3. The van der Waals surface area contributed by atoms with E-state index in [9.17, 15) is 14.9 Å². The van der Waals surface area contributed by atoms with E-state index in [-0.39, 0.29) is 5.69 Å². The first kappa shape index (κ1) is 13.0. The molecule has 0 atom stereocenters. The second-order valence-electron chi connectivity index (χ2n) is 3.64. The predicted molar refractivity (Wildman–Crippen MR) is 70.7 cm³/mol. The number of nitrogens with zero attached hydrogens (tertiary/aromatic N) is 1. The molecule has 0 aliphatic carbocycles. The normalized spacial score (nSPS) is 10.8. The molecule has 0 N–H and O–H groups in total. The van der Waals surface area contributed by atoms with Gasteiger partial charge in [0.15, 0.2) is 0 Å². The molecule has 2 rings (SSSR count). The average molecular weight is 278 g/mol. The molecule has 0 unspecified atom stereocenters. The minimum atomic E-state index is -0.590. The summed E-state index contributed by atoms with van der Waals surface area (Å²) in [4.78, 5) is 20.6. The first-order valence-electron chi connectivity index (χ1n) is 5.28. The van der Waals surface area contributed by atoms with Gasteiger partial charge in [-0.1, -0.05) is 0 Å². The number of benzene rings is 1. The van der Waals surface area contributed by atoms with Crippen LogP contribution in [0.15, 0.2) is 46.9 Å². The molecule has 1 heterocycles. The largest absolute Gasteiger partial charge is 0.457 e. The number of non-ortho nitro benzene ring substituents is 1. The van der Waals surface area contributed by atoms with Crippen molar-refractivity contribution in [2.45, 2.75) is 0 Å². The van der Waals surface area contributed by atoms with E-state index in [0.29, 0.717) is 17.1 Å². The summed E-state index contributed by atoms with van der Waals surface area (Å²) < 4.78 is 5.45. The molecular formula is C13H8ClNO4. The number of halogens is 1. The van der Waals surface area contributed by atoms with E-state index in [4.69, 9.17) is 16.0 Å². The smallest absolute Gasteiger partial charge is 0.269 e. The minimum absolute atomic E-state index is 0.0168. The lowest BCUT2D eigenvalue weighted by Crippen LogP contribution is -1.86. The van der Waals surface area contributed by atoms with Crippen molar-refractivity contribution in [3.05, 3.63) is 58.3 Å². The standard InChI is InChI=1S/C13H8ClNO4/c14-13(16)8-6-11-5-7-12(19-11)9-1-3-10(4-2-9)15(17)18/h1-8H/b8-6+. The highest BCUT2D eigenvalue weighted by atomic mass is 35.5. The Bertz CT molecular complexity index is 643. The first-order valence-corrected chi connectivity index (χ1v) is 5.66. The molecule has 0 saturated carbocycles. The van der Waals surface area contributed by atoms with Crippen molar-refractivity contribution in [3.8, 4) is 11.3 Å². The van der Waals surface area contributed by atoms with Gasteiger partial charge in [0.25, 0.3) is 5.69 Å². The van der Waals surface area contributed by atoms with Crippen molar-refractivity contribution < 1.29 is 14.1 Å². The molecule has 0 bridgehead atoms. The number of nitro benzene ring substituents is 1. The van der Waals surface area contributed by atoms with Gasteiger partial charge in [0, 0.05) is 23.8 Å². The highest BCUT2D eigenvalue weighted by molar-refractivity contribution is 6.66. The van der Waals surface area contributed by atoms with E-state index in [0.717, 1.165) is 0 Å². The summed E-state index contributed by atoms with van der Waals surface area (Å²) in [6.07, 6.45) is 2.63.